The summed E-state index contributed by atoms with van der Waals surface area (Å²) < 4.78 is 31.4. The summed E-state index contributed by atoms with van der Waals surface area (Å²) in [6, 6.07) is 4.51. The van der Waals surface area contributed by atoms with Crippen LogP contribution in [0.25, 0.3) is 0 Å². The lowest BCUT2D eigenvalue weighted by molar-refractivity contribution is 0.178. The Morgan fingerprint density at radius 1 is 1.26 bits per heavy atom. The Morgan fingerprint density at radius 2 is 2.05 bits per heavy atom. The Kier molecular flexibility index (Phi) is 3.86. The predicted molar refractivity (Wildman–Crippen MR) is 66.8 cm³/mol. The van der Waals surface area contributed by atoms with E-state index < -0.39 is 11.6 Å². The highest BCUT2D eigenvalue weighted by Gasteiger charge is 2.07. The van der Waals surface area contributed by atoms with Gasteiger partial charge in [0.25, 0.3) is 0 Å². The molecule has 1 aromatic carbocycles. The lowest BCUT2D eigenvalue weighted by Crippen LogP contribution is -2.05. The quantitative estimate of drug-likeness (QED) is 0.887. The molecule has 19 heavy (non-hydrogen) atoms. The van der Waals surface area contributed by atoms with Crippen molar-refractivity contribution in [2.24, 2.45) is 0 Å². The van der Waals surface area contributed by atoms with Crippen LogP contribution in [0.4, 0.5) is 26.1 Å². The number of nitrogen functional groups attached to an aromatic ring is 1. The van der Waals surface area contributed by atoms with Crippen LogP contribution in [0, 0.1) is 11.6 Å². The molecule has 0 fully saturated rings. The number of anilines is 3. The fraction of sp³-hybridized carbons (Fsp3) is 0.167. The molecule has 0 unspecified atom stereocenters. The highest BCUT2D eigenvalue weighted by atomic mass is 19.1. The van der Waals surface area contributed by atoms with Gasteiger partial charge in [-0.2, -0.15) is 0 Å². The number of nitrogens with zero attached hydrogens (tertiary/aromatic N) is 2. The van der Waals surface area contributed by atoms with Gasteiger partial charge in [0.1, 0.15) is 29.9 Å². The molecule has 0 atom stereocenters. The van der Waals surface area contributed by atoms with E-state index in [-0.39, 0.29) is 23.9 Å². The van der Waals surface area contributed by atoms with Crippen LogP contribution in [0.1, 0.15) is 5.82 Å². The van der Waals surface area contributed by atoms with Crippen molar-refractivity contribution in [3.05, 3.63) is 41.7 Å². The molecule has 0 amide bonds. The van der Waals surface area contributed by atoms with E-state index >= 15 is 0 Å². The molecule has 0 saturated carbocycles. The van der Waals surface area contributed by atoms with E-state index in [9.17, 15) is 8.78 Å². The number of aromatic nitrogens is 2. The summed E-state index contributed by atoms with van der Waals surface area (Å²) >= 11 is 0. The van der Waals surface area contributed by atoms with Gasteiger partial charge in [0.15, 0.2) is 5.82 Å². The second kappa shape index (κ2) is 5.57. The fourth-order valence-corrected chi connectivity index (χ4v) is 1.51. The van der Waals surface area contributed by atoms with Gasteiger partial charge >= 0.3 is 0 Å². The largest absolute Gasteiger partial charge is 0.384 e. The number of ether oxygens (including phenoxy) is 1. The van der Waals surface area contributed by atoms with Gasteiger partial charge < -0.3 is 15.8 Å². The van der Waals surface area contributed by atoms with E-state index in [1.54, 1.807) is 0 Å². The van der Waals surface area contributed by atoms with Gasteiger partial charge in [-0.05, 0) is 12.1 Å². The Morgan fingerprint density at radius 3 is 2.79 bits per heavy atom. The zero-order valence-electron chi connectivity index (χ0n) is 10.2. The standard InChI is InChI=1S/C12H12F2N4O/c1-19-6-12-17-10(15)5-11(18-12)16-9-4-7(13)2-3-8(9)14/h2-5H,6H2,1H3,(H3,15,16,17,18). The molecular weight excluding hydrogens is 254 g/mol. The van der Waals surface area contributed by atoms with Crippen molar-refractivity contribution in [3.63, 3.8) is 0 Å². The first-order valence-corrected chi connectivity index (χ1v) is 5.43. The average molecular weight is 266 g/mol. The molecule has 0 aliphatic carbocycles. The number of nitrogens with two attached hydrogens (primary N) is 1. The lowest BCUT2D eigenvalue weighted by atomic mass is 10.3. The van der Waals surface area contributed by atoms with Crippen molar-refractivity contribution in [2.75, 3.05) is 18.2 Å². The molecule has 2 aromatic rings. The Hall–Kier alpha value is -2.28. The van der Waals surface area contributed by atoms with Gasteiger partial charge in [-0.25, -0.2) is 18.7 Å². The third kappa shape index (κ3) is 3.35. The highest BCUT2D eigenvalue weighted by Crippen LogP contribution is 2.20. The average Bonchev–Trinajstić information content (AvgIpc) is 2.33. The van der Waals surface area contributed by atoms with Crippen LogP contribution in [0.3, 0.4) is 0 Å². The summed E-state index contributed by atoms with van der Waals surface area (Å²) in [4.78, 5) is 8.01. The van der Waals surface area contributed by atoms with Crippen LogP contribution >= 0.6 is 0 Å². The summed E-state index contributed by atoms with van der Waals surface area (Å²) in [6.45, 7) is 0.172. The van der Waals surface area contributed by atoms with Crippen molar-refractivity contribution in [1.82, 2.24) is 9.97 Å². The maximum absolute atomic E-state index is 13.5. The van der Waals surface area contributed by atoms with Crippen LogP contribution in [0.2, 0.25) is 0 Å². The zero-order chi connectivity index (χ0) is 13.8. The molecule has 7 heteroatoms. The lowest BCUT2D eigenvalue weighted by Gasteiger charge is -2.09. The van der Waals surface area contributed by atoms with Crippen LogP contribution in [0.15, 0.2) is 24.3 Å². The van der Waals surface area contributed by atoms with Crippen LogP contribution in [-0.4, -0.2) is 17.1 Å². The van der Waals surface area contributed by atoms with E-state index in [0.717, 1.165) is 18.2 Å². The number of hydrogen-bond acceptors (Lipinski definition) is 5. The predicted octanol–water partition coefficient (Wildman–Crippen LogP) is 2.23. The molecule has 5 nitrogen and oxygen atoms in total. The number of nitrogens with one attached hydrogen (secondary N) is 1. The number of rotatable bonds is 4. The zero-order valence-corrected chi connectivity index (χ0v) is 10.2. The molecule has 0 aliphatic heterocycles. The van der Waals surface area contributed by atoms with Gasteiger partial charge in [0.2, 0.25) is 0 Å². The molecule has 3 N–H and O–H groups in total. The SMILES string of the molecule is COCc1nc(N)cc(Nc2cc(F)ccc2F)n1. The Bertz CT molecular complexity index is 592. The van der Waals surface area contributed by atoms with E-state index in [1.807, 2.05) is 0 Å². The molecule has 0 radical (unpaired) electrons. The smallest absolute Gasteiger partial charge is 0.158 e. The summed E-state index contributed by atoms with van der Waals surface area (Å²) in [5.41, 5.74) is 5.57. The number of hydrogen-bond donors (Lipinski definition) is 2. The number of halogens is 2. The molecule has 0 spiro atoms. The molecule has 1 heterocycles. The van der Waals surface area contributed by atoms with Gasteiger partial charge in [-0.1, -0.05) is 0 Å². The first-order chi connectivity index (χ1) is 9.08. The van der Waals surface area contributed by atoms with Crippen molar-refractivity contribution in [2.45, 2.75) is 6.61 Å². The van der Waals surface area contributed by atoms with Gasteiger partial charge in [0.05, 0.1) is 5.69 Å². The summed E-state index contributed by atoms with van der Waals surface area (Å²) in [5, 5.41) is 2.65. The number of methoxy groups -OCH3 is 1. The first-order valence-electron chi connectivity index (χ1n) is 5.43. The minimum Gasteiger partial charge on any atom is -0.384 e. The minimum absolute atomic E-state index is 0.0264. The van der Waals surface area contributed by atoms with Crippen molar-refractivity contribution in [3.8, 4) is 0 Å². The van der Waals surface area contributed by atoms with Crippen molar-refractivity contribution in [1.29, 1.82) is 0 Å². The monoisotopic (exact) mass is 266 g/mol. The maximum atomic E-state index is 13.5. The highest BCUT2D eigenvalue weighted by molar-refractivity contribution is 5.59. The molecule has 1 aromatic heterocycles. The second-order valence-electron chi connectivity index (χ2n) is 3.78. The van der Waals surface area contributed by atoms with Crippen molar-refractivity contribution >= 4 is 17.3 Å². The van der Waals surface area contributed by atoms with E-state index in [2.05, 4.69) is 15.3 Å². The Labute approximate surface area is 108 Å². The van der Waals surface area contributed by atoms with Crippen molar-refractivity contribution < 1.29 is 13.5 Å². The minimum atomic E-state index is -0.591. The molecule has 100 valence electrons. The summed E-state index contributed by atoms with van der Waals surface area (Å²) in [7, 11) is 1.49. The normalized spacial score (nSPS) is 10.5. The van der Waals surface area contributed by atoms with E-state index in [0.29, 0.717) is 5.82 Å². The Balaban J connectivity index is 2.29. The van der Waals surface area contributed by atoms with Crippen LogP contribution in [-0.2, 0) is 11.3 Å². The molecule has 0 bridgehead atoms. The number of benzene rings is 1. The van der Waals surface area contributed by atoms with E-state index in [4.69, 9.17) is 10.5 Å². The van der Waals surface area contributed by atoms with Gasteiger partial charge in [-0.3, -0.25) is 0 Å². The molecule has 0 saturated heterocycles. The van der Waals surface area contributed by atoms with E-state index in [1.165, 1.54) is 13.2 Å². The van der Waals surface area contributed by atoms with Gasteiger partial charge in [0, 0.05) is 19.2 Å². The van der Waals surface area contributed by atoms with Gasteiger partial charge in [-0.15, -0.1) is 0 Å². The summed E-state index contributed by atoms with van der Waals surface area (Å²) in [5.74, 6) is -0.317. The first kappa shape index (κ1) is 13.2. The summed E-state index contributed by atoms with van der Waals surface area (Å²) in [6.07, 6.45) is 0. The molecule has 0 aliphatic rings. The molecular formula is C12H12F2N4O. The second-order valence-corrected chi connectivity index (χ2v) is 3.78. The topological polar surface area (TPSA) is 73.1 Å². The third-order valence-corrected chi connectivity index (χ3v) is 2.26. The van der Waals surface area contributed by atoms with Crippen LogP contribution < -0.4 is 11.1 Å². The fourth-order valence-electron chi connectivity index (χ4n) is 1.51. The van der Waals surface area contributed by atoms with Crippen LogP contribution in [0.5, 0.6) is 0 Å². The third-order valence-electron chi connectivity index (χ3n) is 2.26. The molecule has 2 rings (SSSR count). The maximum Gasteiger partial charge on any atom is 0.158 e.